The van der Waals surface area contributed by atoms with Gasteiger partial charge in [-0.05, 0) is 18.3 Å². The third kappa shape index (κ3) is 13.8. The molecule has 0 fully saturated rings. The summed E-state index contributed by atoms with van der Waals surface area (Å²) in [6.07, 6.45) is 2.01. The lowest BCUT2D eigenvalue weighted by Gasteiger charge is -2.17. The minimum absolute atomic E-state index is 0.294. The van der Waals surface area contributed by atoms with Crippen LogP contribution in [0.4, 0.5) is 13.2 Å². The fourth-order valence-electron chi connectivity index (χ4n) is 1.69. The average molecular weight is 238 g/mol. The molecule has 0 bridgehead atoms. The quantitative estimate of drug-likeness (QED) is 0.498. The molecule has 0 saturated carbocycles. The Morgan fingerprint density at radius 1 is 0.625 bits per heavy atom. The molecule has 0 unspecified atom stereocenters. The van der Waals surface area contributed by atoms with Crippen molar-refractivity contribution in [1.29, 1.82) is 0 Å². The number of alkyl halides is 3. The van der Waals surface area contributed by atoms with Gasteiger partial charge in [0.25, 0.3) is 0 Å². The SMILES string of the molecule is CC(C)(C)CCCCCCCCC(F)(F)F. The zero-order valence-corrected chi connectivity index (χ0v) is 10.8. The first-order chi connectivity index (χ1) is 7.21. The van der Waals surface area contributed by atoms with E-state index in [-0.39, 0.29) is 0 Å². The highest BCUT2D eigenvalue weighted by Gasteiger charge is 2.25. The topological polar surface area (TPSA) is 0 Å². The summed E-state index contributed by atoms with van der Waals surface area (Å²) >= 11 is 0. The highest BCUT2D eigenvalue weighted by Crippen LogP contribution is 2.24. The molecule has 0 aliphatic carbocycles. The van der Waals surface area contributed by atoms with Gasteiger partial charge < -0.3 is 0 Å². The Balaban J connectivity index is 3.17. The molecule has 0 aliphatic heterocycles. The predicted octanol–water partition coefficient (Wildman–Crippen LogP) is 5.72. The van der Waals surface area contributed by atoms with Crippen LogP contribution in [0.3, 0.4) is 0 Å². The molecule has 0 aromatic heterocycles. The predicted molar refractivity (Wildman–Crippen MR) is 62.4 cm³/mol. The van der Waals surface area contributed by atoms with Crippen LogP contribution in [0.5, 0.6) is 0 Å². The highest BCUT2D eigenvalue weighted by molar-refractivity contribution is 4.61. The van der Waals surface area contributed by atoms with Crippen LogP contribution in [-0.4, -0.2) is 6.18 Å². The Morgan fingerprint density at radius 2 is 1.00 bits per heavy atom. The maximum atomic E-state index is 11.8. The van der Waals surface area contributed by atoms with Crippen molar-refractivity contribution in [3.05, 3.63) is 0 Å². The number of halogens is 3. The maximum absolute atomic E-state index is 11.8. The largest absolute Gasteiger partial charge is 0.389 e. The van der Waals surface area contributed by atoms with Gasteiger partial charge in [-0.25, -0.2) is 0 Å². The van der Waals surface area contributed by atoms with E-state index in [1.165, 1.54) is 12.8 Å². The minimum atomic E-state index is -3.97. The van der Waals surface area contributed by atoms with Crippen molar-refractivity contribution in [3.8, 4) is 0 Å². The molecule has 0 N–H and O–H groups in total. The Labute approximate surface area is 97.6 Å². The molecule has 0 rings (SSSR count). The van der Waals surface area contributed by atoms with E-state index in [0.717, 1.165) is 25.7 Å². The Hall–Kier alpha value is -0.210. The van der Waals surface area contributed by atoms with Gasteiger partial charge in [0, 0.05) is 6.42 Å². The van der Waals surface area contributed by atoms with E-state index >= 15 is 0 Å². The second kappa shape index (κ2) is 7.18. The van der Waals surface area contributed by atoms with Crippen LogP contribution in [0, 0.1) is 5.41 Å². The zero-order chi connectivity index (χ0) is 12.7. The number of rotatable bonds is 7. The van der Waals surface area contributed by atoms with Crippen molar-refractivity contribution >= 4 is 0 Å². The van der Waals surface area contributed by atoms with E-state index in [9.17, 15) is 13.2 Å². The molecular formula is C13H25F3. The summed E-state index contributed by atoms with van der Waals surface area (Å²) in [7, 11) is 0. The fourth-order valence-corrected chi connectivity index (χ4v) is 1.69. The molecule has 3 heteroatoms. The lowest BCUT2D eigenvalue weighted by Crippen LogP contribution is -2.06. The second-order valence-electron chi connectivity index (χ2n) is 5.80. The lowest BCUT2D eigenvalue weighted by atomic mass is 9.89. The zero-order valence-electron chi connectivity index (χ0n) is 10.8. The van der Waals surface area contributed by atoms with Crippen LogP contribution in [0.15, 0.2) is 0 Å². The maximum Gasteiger partial charge on any atom is 0.389 e. The van der Waals surface area contributed by atoms with Gasteiger partial charge in [-0.15, -0.1) is 0 Å². The lowest BCUT2D eigenvalue weighted by molar-refractivity contribution is -0.135. The smallest absolute Gasteiger partial charge is 0.171 e. The molecule has 0 saturated heterocycles. The van der Waals surface area contributed by atoms with Crippen LogP contribution in [0.1, 0.15) is 72.1 Å². The Bertz CT molecular complexity index is 145. The van der Waals surface area contributed by atoms with E-state index < -0.39 is 12.6 Å². The number of hydrogen-bond donors (Lipinski definition) is 0. The Kier molecular flexibility index (Phi) is 7.09. The van der Waals surface area contributed by atoms with E-state index in [2.05, 4.69) is 20.8 Å². The molecule has 0 spiro atoms. The van der Waals surface area contributed by atoms with Gasteiger partial charge in [0.2, 0.25) is 0 Å². The van der Waals surface area contributed by atoms with Gasteiger partial charge >= 0.3 is 6.18 Å². The molecule has 0 aliphatic rings. The Morgan fingerprint density at radius 3 is 1.38 bits per heavy atom. The molecule has 0 radical (unpaired) electrons. The minimum Gasteiger partial charge on any atom is -0.171 e. The first kappa shape index (κ1) is 15.8. The molecule has 16 heavy (non-hydrogen) atoms. The molecule has 0 aromatic carbocycles. The van der Waals surface area contributed by atoms with Gasteiger partial charge in [-0.1, -0.05) is 52.9 Å². The average Bonchev–Trinajstić information content (AvgIpc) is 2.06. The van der Waals surface area contributed by atoms with E-state index in [0.29, 0.717) is 11.8 Å². The van der Waals surface area contributed by atoms with Crippen molar-refractivity contribution in [1.82, 2.24) is 0 Å². The molecule has 0 amide bonds. The monoisotopic (exact) mass is 238 g/mol. The first-order valence-corrected chi connectivity index (χ1v) is 6.27. The van der Waals surface area contributed by atoms with Gasteiger partial charge in [-0.2, -0.15) is 13.2 Å². The van der Waals surface area contributed by atoms with E-state index in [1.807, 2.05) is 0 Å². The van der Waals surface area contributed by atoms with Gasteiger partial charge in [0.1, 0.15) is 0 Å². The van der Waals surface area contributed by atoms with Crippen molar-refractivity contribution in [2.24, 2.45) is 5.41 Å². The molecule has 0 heterocycles. The highest BCUT2D eigenvalue weighted by atomic mass is 19.4. The summed E-state index contributed by atoms with van der Waals surface area (Å²) in [5.74, 6) is 0. The van der Waals surface area contributed by atoms with Gasteiger partial charge in [0.15, 0.2) is 0 Å². The number of hydrogen-bond acceptors (Lipinski definition) is 0. The van der Waals surface area contributed by atoms with Crippen LogP contribution < -0.4 is 0 Å². The second-order valence-corrected chi connectivity index (χ2v) is 5.80. The summed E-state index contributed by atoms with van der Waals surface area (Å²) < 4.78 is 35.5. The summed E-state index contributed by atoms with van der Waals surface area (Å²) in [5, 5.41) is 0. The normalized spacial score (nSPS) is 13.1. The fraction of sp³-hybridized carbons (Fsp3) is 1.00. The van der Waals surface area contributed by atoms with Crippen molar-refractivity contribution < 1.29 is 13.2 Å². The molecule has 0 atom stereocenters. The summed E-state index contributed by atoms with van der Waals surface area (Å²) in [4.78, 5) is 0. The molecule has 0 nitrogen and oxygen atoms in total. The summed E-state index contributed by atoms with van der Waals surface area (Å²) in [5.41, 5.74) is 0.385. The number of unbranched alkanes of at least 4 members (excludes halogenated alkanes) is 5. The standard InChI is InChI=1S/C13H25F3/c1-12(2,3)10-8-6-4-5-7-9-11-13(14,15)16/h4-11H2,1-3H3. The third-order valence-corrected chi connectivity index (χ3v) is 2.64. The van der Waals surface area contributed by atoms with E-state index in [4.69, 9.17) is 0 Å². The van der Waals surface area contributed by atoms with Crippen molar-refractivity contribution in [2.45, 2.75) is 78.3 Å². The van der Waals surface area contributed by atoms with Crippen LogP contribution >= 0.6 is 0 Å². The molecule has 0 aromatic rings. The summed E-state index contributed by atoms with van der Waals surface area (Å²) in [6, 6.07) is 0. The summed E-state index contributed by atoms with van der Waals surface area (Å²) in [6.45, 7) is 6.66. The van der Waals surface area contributed by atoms with Gasteiger partial charge in [-0.3, -0.25) is 0 Å². The molecule has 98 valence electrons. The van der Waals surface area contributed by atoms with Crippen molar-refractivity contribution in [2.75, 3.05) is 0 Å². The molecular weight excluding hydrogens is 213 g/mol. The van der Waals surface area contributed by atoms with E-state index in [1.54, 1.807) is 0 Å². The van der Waals surface area contributed by atoms with Gasteiger partial charge in [0.05, 0.1) is 0 Å². The van der Waals surface area contributed by atoms with Crippen LogP contribution in [0.25, 0.3) is 0 Å². The third-order valence-electron chi connectivity index (χ3n) is 2.64. The van der Waals surface area contributed by atoms with Crippen LogP contribution in [-0.2, 0) is 0 Å². The van der Waals surface area contributed by atoms with Crippen molar-refractivity contribution in [3.63, 3.8) is 0 Å². The first-order valence-electron chi connectivity index (χ1n) is 6.27. The van der Waals surface area contributed by atoms with Crippen LogP contribution in [0.2, 0.25) is 0 Å².